The lowest BCUT2D eigenvalue weighted by molar-refractivity contribution is -0.147. The van der Waals surface area contributed by atoms with Gasteiger partial charge in [0.2, 0.25) is 0 Å². The number of carbonyl (C=O) groups is 2. The minimum absolute atomic E-state index is 0.0686. The Hall–Kier alpha value is -3.97. The molecular weight excluding hydrogens is 424 g/mol. The number of esters is 1. The number of para-hydroxylation sites is 1. The predicted molar refractivity (Wildman–Crippen MR) is 123 cm³/mol. The van der Waals surface area contributed by atoms with Gasteiger partial charge in [-0.05, 0) is 36.4 Å². The molecule has 1 heterocycles. The summed E-state index contributed by atoms with van der Waals surface area (Å²) in [7, 11) is 0. The smallest absolute Gasteiger partial charge is 0.344 e. The molecule has 0 aliphatic rings. The lowest BCUT2D eigenvalue weighted by Crippen LogP contribution is -2.15. The monoisotopic (exact) mass is 444 g/mol. The molecule has 3 aromatic carbocycles. The number of hydrogen-bond donors (Lipinski definition) is 1. The minimum Gasteiger partial charge on any atom is -0.482 e. The quantitative estimate of drug-likeness (QED) is 0.281. The Morgan fingerprint density at radius 2 is 1.50 bits per heavy atom. The van der Waals surface area contributed by atoms with Crippen molar-refractivity contribution in [1.29, 1.82) is 0 Å². The van der Waals surface area contributed by atoms with Gasteiger partial charge >= 0.3 is 5.97 Å². The van der Waals surface area contributed by atoms with Crippen LogP contribution in [0.1, 0.15) is 21.6 Å². The highest BCUT2D eigenvalue weighted by molar-refractivity contribution is 7.13. The molecule has 1 aromatic heterocycles. The van der Waals surface area contributed by atoms with Crippen LogP contribution in [0.5, 0.6) is 5.75 Å². The third-order valence-electron chi connectivity index (χ3n) is 4.47. The van der Waals surface area contributed by atoms with Gasteiger partial charge in [-0.25, -0.2) is 9.78 Å². The topological polar surface area (TPSA) is 77.5 Å². The summed E-state index contributed by atoms with van der Waals surface area (Å²) in [6.07, 6.45) is 0. The van der Waals surface area contributed by atoms with Crippen molar-refractivity contribution < 1.29 is 19.1 Å². The first-order chi connectivity index (χ1) is 15.7. The SMILES string of the molecule is O=C(COc1ccc(C(=O)c2ccccc2)cc1)OCc1csc(Nc2ccccc2)n1. The van der Waals surface area contributed by atoms with Crippen molar-refractivity contribution in [3.05, 3.63) is 107 Å². The van der Waals surface area contributed by atoms with Crippen molar-refractivity contribution in [2.75, 3.05) is 11.9 Å². The van der Waals surface area contributed by atoms with Gasteiger partial charge in [-0.1, -0.05) is 48.5 Å². The van der Waals surface area contributed by atoms with Crippen LogP contribution in [0.2, 0.25) is 0 Å². The Morgan fingerprint density at radius 3 is 2.22 bits per heavy atom. The number of carbonyl (C=O) groups excluding carboxylic acids is 2. The molecule has 1 N–H and O–H groups in total. The Labute approximate surface area is 189 Å². The molecule has 7 heteroatoms. The van der Waals surface area contributed by atoms with Crippen LogP contribution in [0.15, 0.2) is 90.3 Å². The average molecular weight is 445 g/mol. The molecule has 0 bridgehead atoms. The molecule has 0 atom stereocenters. The van der Waals surface area contributed by atoms with E-state index in [9.17, 15) is 9.59 Å². The molecule has 0 spiro atoms. The van der Waals surface area contributed by atoms with Gasteiger partial charge in [0.25, 0.3) is 0 Å². The first-order valence-electron chi connectivity index (χ1n) is 9.92. The standard InChI is InChI=1S/C25H20N2O4S/c28-23(31-15-21-17-32-25(27-21)26-20-9-5-2-6-10-20)16-30-22-13-11-19(12-14-22)24(29)18-7-3-1-4-8-18/h1-14,17H,15-16H2,(H,26,27). The number of thiazole rings is 1. The zero-order valence-corrected chi connectivity index (χ0v) is 17.9. The van der Waals surface area contributed by atoms with E-state index in [0.717, 1.165) is 10.8 Å². The number of rotatable bonds is 9. The molecular formula is C25H20N2O4S. The van der Waals surface area contributed by atoms with Gasteiger partial charge in [0.1, 0.15) is 12.4 Å². The average Bonchev–Trinajstić information content (AvgIpc) is 3.29. The number of ketones is 1. The van der Waals surface area contributed by atoms with Crippen LogP contribution in [0.3, 0.4) is 0 Å². The van der Waals surface area contributed by atoms with E-state index in [2.05, 4.69) is 10.3 Å². The zero-order valence-electron chi connectivity index (χ0n) is 17.1. The first kappa shape index (κ1) is 21.3. The van der Waals surface area contributed by atoms with E-state index in [1.54, 1.807) is 36.4 Å². The number of ether oxygens (including phenoxy) is 2. The predicted octanol–water partition coefficient (Wildman–Crippen LogP) is 5.24. The summed E-state index contributed by atoms with van der Waals surface area (Å²) in [5.74, 6) is -0.0875. The van der Waals surface area contributed by atoms with Crippen molar-refractivity contribution in [2.24, 2.45) is 0 Å². The van der Waals surface area contributed by atoms with Crippen molar-refractivity contribution in [1.82, 2.24) is 4.98 Å². The lowest BCUT2D eigenvalue weighted by atomic mass is 10.0. The molecule has 0 aliphatic carbocycles. The summed E-state index contributed by atoms with van der Waals surface area (Å²) in [6, 6.07) is 25.4. The van der Waals surface area contributed by atoms with Gasteiger partial charge in [0.05, 0.1) is 5.69 Å². The Bertz CT molecular complexity index is 1180. The summed E-state index contributed by atoms with van der Waals surface area (Å²) >= 11 is 1.44. The largest absolute Gasteiger partial charge is 0.482 e. The summed E-state index contributed by atoms with van der Waals surface area (Å²) in [5.41, 5.74) is 2.77. The molecule has 0 radical (unpaired) electrons. The highest BCUT2D eigenvalue weighted by Crippen LogP contribution is 2.21. The van der Waals surface area contributed by atoms with Gasteiger partial charge in [0.15, 0.2) is 17.5 Å². The van der Waals surface area contributed by atoms with E-state index in [0.29, 0.717) is 22.6 Å². The van der Waals surface area contributed by atoms with E-state index in [1.807, 2.05) is 53.9 Å². The van der Waals surface area contributed by atoms with Crippen LogP contribution >= 0.6 is 11.3 Å². The van der Waals surface area contributed by atoms with Gasteiger partial charge in [-0.3, -0.25) is 4.79 Å². The van der Waals surface area contributed by atoms with Gasteiger partial charge in [0, 0.05) is 22.2 Å². The second kappa shape index (κ2) is 10.4. The van der Waals surface area contributed by atoms with E-state index < -0.39 is 5.97 Å². The molecule has 4 aromatic rings. The third kappa shape index (κ3) is 5.80. The molecule has 32 heavy (non-hydrogen) atoms. The van der Waals surface area contributed by atoms with Crippen LogP contribution in [0, 0.1) is 0 Å². The van der Waals surface area contributed by atoms with Crippen LogP contribution in [0.25, 0.3) is 0 Å². The molecule has 0 saturated heterocycles. The van der Waals surface area contributed by atoms with Crippen LogP contribution in [0.4, 0.5) is 10.8 Å². The second-order valence-electron chi connectivity index (χ2n) is 6.80. The maximum atomic E-state index is 12.4. The summed E-state index contributed by atoms with van der Waals surface area (Å²) < 4.78 is 10.7. The highest BCUT2D eigenvalue weighted by atomic mass is 32.1. The highest BCUT2D eigenvalue weighted by Gasteiger charge is 2.10. The molecule has 160 valence electrons. The molecule has 6 nitrogen and oxygen atoms in total. The van der Waals surface area contributed by atoms with E-state index in [-0.39, 0.29) is 19.0 Å². The molecule has 0 aliphatic heterocycles. The fraction of sp³-hybridized carbons (Fsp3) is 0.0800. The first-order valence-corrected chi connectivity index (χ1v) is 10.8. The molecule has 0 unspecified atom stereocenters. The molecule has 0 fully saturated rings. The number of aromatic nitrogens is 1. The number of nitrogens with zero attached hydrogens (tertiary/aromatic N) is 1. The lowest BCUT2D eigenvalue weighted by Gasteiger charge is -2.07. The molecule has 4 rings (SSSR count). The van der Waals surface area contributed by atoms with Crippen molar-refractivity contribution >= 4 is 33.9 Å². The number of anilines is 2. The number of hydrogen-bond acceptors (Lipinski definition) is 7. The van der Waals surface area contributed by atoms with Crippen LogP contribution in [-0.2, 0) is 16.1 Å². The number of nitrogens with one attached hydrogen (secondary N) is 1. The fourth-order valence-corrected chi connectivity index (χ4v) is 3.59. The van der Waals surface area contributed by atoms with Crippen molar-refractivity contribution in [2.45, 2.75) is 6.61 Å². The van der Waals surface area contributed by atoms with Crippen molar-refractivity contribution in [3.63, 3.8) is 0 Å². The zero-order chi connectivity index (χ0) is 22.2. The van der Waals surface area contributed by atoms with Crippen LogP contribution < -0.4 is 10.1 Å². The summed E-state index contributed by atoms with van der Waals surface area (Å²) in [5, 5.41) is 5.76. The van der Waals surface area contributed by atoms with E-state index in [4.69, 9.17) is 9.47 Å². The summed E-state index contributed by atoms with van der Waals surface area (Å²) in [4.78, 5) is 28.8. The molecule has 0 amide bonds. The molecule has 0 saturated carbocycles. The Balaban J connectivity index is 1.23. The summed E-state index contributed by atoms with van der Waals surface area (Å²) in [6.45, 7) is -0.162. The second-order valence-corrected chi connectivity index (χ2v) is 7.66. The van der Waals surface area contributed by atoms with E-state index >= 15 is 0 Å². The fourth-order valence-electron chi connectivity index (χ4n) is 2.87. The van der Waals surface area contributed by atoms with Gasteiger partial charge in [-0.2, -0.15) is 0 Å². The number of benzene rings is 3. The maximum Gasteiger partial charge on any atom is 0.344 e. The van der Waals surface area contributed by atoms with Crippen LogP contribution in [-0.4, -0.2) is 23.3 Å². The third-order valence-corrected chi connectivity index (χ3v) is 5.27. The minimum atomic E-state index is -0.500. The van der Waals surface area contributed by atoms with Crippen molar-refractivity contribution in [3.8, 4) is 5.75 Å². The Morgan fingerprint density at radius 1 is 0.844 bits per heavy atom. The van der Waals surface area contributed by atoms with E-state index in [1.165, 1.54) is 11.3 Å². The van der Waals surface area contributed by atoms with Gasteiger partial charge < -0.3 is 14.8 Å². The maximum absolute atomic E-state index is 12.4. The van der Waals surface area contributed by atoms with Gasteiger partial charge in [-0.15, -0.1) is 11.3 Å². The Kier molecular flexibility index (Phi) is 6.89. The normalized spacial score (nSPS) is 10.4.